The quantitative estimate of drug-likeness (QED) is 0.801. The smallest absolute Gasteiger partial charge is 0.152 e. The molecule has 0 saturated heterocycles. The SMILES string of the molecule is Nc1cccc2c1CN(c1c(F)cc(F)cc1F)C2. The van der Waals surface area contributed by atoms with Gasteiger partial charge in [-0.15, -0.1) is 0 Å². The highest BCUT2D eigenvalue weighted by molar-refractivity contribution is 5.60. The molecule has 2 aromatic carbocycles. The van der Waals surface area contributed by atoms with Crippen LogP contribution < -0.4 is 10.6 Å². The van der Waals surface area contributed by atoms with Crippen LogP contribution in [0.1, 0.15) is 11.1 Å². The van der Waals surface area contributed by atoms with E-state index in [4.69, 9.17) is 5.73 Å². The molecule has 2 aromatic rings. The first-order chi connectivity index (χ1) is 9.06. The molecular formula is C14H11F3N2. The third-order valence-electron chi connectivity index (χ3n) is 3.32. The Balaban J connectivity index is 2.02. The molecule has 98 valence electrons. The Bertz CT molecular complexity index is 632. The van der Waals surface area contributed by atoms with Crippen molar-refractivity contribution in [2.45, 2.75) is 13.1 Å². The molecule has 5 heteroatoms. The number of nitrogen functional groups attached to an aromatic ring is 1. The maximum absolute atomic E-state index is 13.7. The van der Waals surface area contributed by atoms with Crippen LogP contribution >= 0.6 is 0 Å². The number of hydrogen-bond donors (Lipinski definition) is 1. The number of anilines is 2. The van der Waals surface area contributed by atoms with Gasteiger partial charge >= 0.3 is 0 Å². The highest BCUT2D eigenvalue weighted by Crippen LogP contribution is 2.34. The van der Waals surface area contributed by atoms with Crippen LogP contribution in [-0.2, 0) is 13.1 Å². The normalized spacial score (nSPS) is 13.7. The summed E-state index contributed by atoms with van der Waals surface area (Å²) in [6, 6.07) is 6.79. The monoisotopic (exact) mass is 264 g/mol. The molecule has 0 fully saturated rings. The van der Waals surface area contributed by atoms with Gasteiger partial charge in [-0.3, -0.25) is 0 Å². The van der Waals surface area contributed by atoms with Gasteiger partial charge in [-0.25, -0.2) is 13.2 Å². The summed E-state index contributed by atoms with van der Waals surface area (Å²) in [5.41, 5.74) is 8.03. The van der Waals surface area contributed by atoms with Crippen LogP contribution in [0, 0.1) is 17.5 Å². The zero-order valence-electron chi connectivity index (χ0n) is 9.96. The predicted molar refractivity (Wildman–Crippen MR) is 67.1 cm³/mol. The lowest BCUT2D eigenvalue weighted by molar-refractivity contribution is 0.538. The fraction of sp³-hybridized carbons (Fsp3) is 0.143. The van der Waals surface area contributed by atoms with Crippen molar-refractivity contribution in [2.24, 2.45) is 0 Å². The van der Waals surface area contributed by atoms with Gasteiger partial charge in [0.2, 0.25) is 0 Å². The number of fused-ring (bicyclic) bond motifs is 1. The zero-order chi connectivity index (χ0) is 13.6. The largest absolute Gasteiger partial charge is 0.398 e. The van der Waals surface area contributed by atoms with Crippen molar-refractivity contribution in [2.75, 3.05) is 10.6 Å². The van der Waals surface area contributed by atoms with Gasteiger partial charge in [-0.1, -0.05) is 12.1 Å². The second-order valence-electron chi connectivity index (χ2n) is 4.56. The van der Waals surface area contributed by atoms with Crippen molar-refractivity contribution >= 4 is 11.4 Å². The predicted octanol–water partition coefficient (Wildman–Crippen LogP) is 3.21. The Labute approximate surface area is 108 Å². The Morgan fingerprint density at radius 1 is 1.00 bits per heavy atom. The van der Waals surface area contributed by atoms with Crippen LogP contribution in [0.2, 0.25) is 0 Å². The Hall–Kier alpha value is -2.17. The second-order valence-corrected chi connectivity index (χ2v) is 4.56. The molecular weight excluding hydrogens is 253 g/mol. The molecule has 1 aliphatic heterocycles. The molecule has 2 nitrogen and oxygen atoms in total. The fourth-order valence-corrected chi connectivity index (χ4v) is 2.44. The number of halogens is 3. The minimum atomic E-state index is -0.921. The second kappa shape index (κ2) is 4.19. The van der Waals surface area contributed by atoms with E-state index in [0.29, 0.717) is 30.9 Å². The van der Waals surface area contributed by atoms with E-state index in [1.807, 2.05) is 6.07 Å². The van der Waals surface area contributed by atoms with Gasteiger partial charge in [0.05, 0.1) is 0 Å². The van der Waals surface area contributed by atoms with Crippen molar-refractivity contribution in [3.05, 3.63) is 58.9 Å². The molecule has 0 aliphatic carbocycles. The maximum Gasteiger partial charge on any atom is 0.152 e. The first-order valence-corrected chi connectivity index (χ1v) is 5.82. The van der Waals surface area contributed by atoms with Crippen LogP contribution in [-0.4, -0.2) is 0 Å². The van der Waals surface area contributed by atoms with Crippen molar-refractivity contribution in [1.82, 2.24) is 0 Å². The van der Waals surface area contributed by atoms with Crippen LogP contribution in [0.15, 0.2) is 30.3 Å². The molecule has 2 N–H and O–H groups in total. The van der Waals surface area contributed by atoms with Gasteiger partial charge in [0.25, 0.3) is 0 Å². The van der Waals surface area contributed by atoms with Crippen LogP contribution in [0.5, 0.6) is 0 Å². The number of hydrogen-bond acceptors (Lipinski definition) is 2. The van der Waals surface area contributed by atoms with E-state index in [2.05, 4.69) is 0 Å². The Morgan fingerprint density at radius 3 is 2.32 bits per heavy atom. The highest BCUT2D eigenvalue weighted by Gasteiger charge is 2.26. The van der Waals surface area contributed by atoms with Crippen LogP contribution in [0.4, 0.5) is 24.5 Å². The fourth-order valence-electron chi connectivity index (χ4n) is 2.44. The summed E-state index contributed by atoms with van der Waals surface area (Å²) in [7, 11) is 0. The van der Waals surface area contributed by atoms with E-state index in [1.165, 1.54) is 4.90 Å². The summed E-state index contributed by atoms with van der Waals surface area (Å²) in [5.74, 6) is -2.72. The van der Waals surface area contributed by atoms with E-state index in [0.717, 1.165) is 11.1 Å². The van der Waals surface area contributed by atoms with Crippen molar-refractivity contribution in [3.8, 4) is 0 Å². The van der Waals surface area contributed by atoms with Gasteiger partial charge < -0.3 is 10.6 Å². The molecule has 0 spiro atoms. The minimum absolute atomic E-state index is 0.211. The summed E-state index contributed by atoms with van der Waals surface area (Å²) >= 11 is 0. The number of benzene rings is 2. The summed E-state index contributed by atoms with van der Waals surface area (Å²) in [4.78, 5) is 1.52. The molecule has 19 heavy (non-hydrogen) atoms. The van der Waals surface area contributed by atoms with Gasteiger partial charge in [0, 0.05) is 30.9 Å². The summed E-state index contributed by atoms with van der Waals surface area (Å²) in [6.07, 6.45) is 0. The lowest BCUT2D eigenvalue weighted by Gasteiger charge is -2.19. The van der Waals surface area contributed by atoms with E-state index >= 15 is 0 Å². The number of nitrogens with two attached hydrogens (primary N) is 1. The minimum Gasteiger partial charge on any atom is -0.398 e. The maximum atomic E-state index is 13.7. The standard InChI is InChI=1S/C14H11F3N2/c15-9-4-11(16)14(12(17)5-9)19-6-8-2-1-3-13(18)10(8)7-19/h1-5H,6-7,18H2. The first kappa shape index (κ1) is 11.9. The van der Waals surface area contributed by atoms with E-state index < -0.39 is 17.5 Å². The van der Waals surface area contributed by atoms with Crippen molar-refractivity contribution in [1.29, 1.82) is 0 Å². The van der Waals surface area contributed by atoms with E-state index in [9.17, 15) is 13.2 Å². The van der Waals surface area contributed by atoms with Gasteiger partial charge in [0.15, 0.2) is 11.6 Å². The lowest BCUT2D eigenvalue weighted by atomic mass is 10.1. The molecule has 1 aliphatic rings. The number of rotatable bonds is 1. The Kier molecular flexibility index (Phi) is 2.62. The number of nitrogens with zero attached hydrogens (tertiary/aromatic N) is 1. The summed E-state index contributed by atoms with van der Waals surface area (Å²) in [5, 5.41) is 0. The summed E-state index contributed by atoms with van der Waals surface area (Å²) in [6.45, 7) is 0.682. The topological polar surface area (TPSA) is 29.3 Å². The van der Waals surface area contributed by atoms with Crippen molar-refractivity contribution in [3.63, 3.8) is 0 Å². The molecule has 0 amide bonds. The molecule has 0 unspecified atom stereocenters. The van der Waals surface area contributed by atoms with Gasteiger partial charge in [-0.05, 0) is 17.2 Å². The lowest BCUT2D eigenvalue weighted by Crippen LogP contribution is -2.18. The molecule has 1 heterocycles. The van der Waals surface area contributed by atoms with Crippen molar-refractivity contribution < 1.29 is 13.2 Å². The van der Waals surface area contributed by atoms with E-state index in [1.54, 1.807) is 12.1 Å². The van der Waals surface area contributed by atoms with Crippen LogP contribution in [0.3, 0.4) is 0 Å². The first-order valence-electron chi connectivity index (χ1n) is 5.82. The molecule has 0 saturated carbocycles. The highest BCUT2D eigenvalue weighted by atomic mass is 19.1. The average Bonchev–Trinajstić information content (AvgIpc) is 2.72. The third kappa shape index (κ3) is 1.91. The van der Waals surface area contributed by atoms with Gasteiger partial charge in [-0.2, -0.15) is 0 Å². The van der Waals surface area contributed by atoms with Crippen LogP contribution in [0.25, 0.3) is 0 Å². The molecule has 0 aromatic heterocycles. The molecule has 0 bridgehead atoms. The summed E-state index contributed by atoms with van der Waals surface area (Å²) < 4.78 is 40.4. The third-order valence-corrected chi connectivity index (χ3v) is 3.32. The zero-order valence-corrected chi connectivity index (χ0v) is 9.96. The van der Waals surface area contributed by atoms with Gasteiger partial charge in [0.1, 0.15) is 11.5 Å². The molecule has 0 radical (unpaired) electrons. The Morgan fingerprint density at radius 2 is 1.68 bits per heavy atom. The molecule has 3 rings (SSSR count). The average molecular weight is 264 g/mol. The van der Waals surface area contributed by atoms with E-state index in [-0.39, 0.29) is 5.69 Å². The molecule has 0 atom stereocenters.